The monoisotopic (exact) mass is 193 g/mol. The first-order chi connectivity index (χ1) is 4.86. The molecule has 1 heteroatoms. The average molecular weight is 194 g/mol. The molecule has 0 bridgehead atoms. The highest BCUT2D eigenvalue weighted by Crippen LogP contribution is 2.22. The summed E-state index contributed by atoms with van der Waals surface area (Å²) in [5.74, 6) is 0. The number of hydrogen-bond donors (Lipinski definition) is 0. The first-order valence-corrected chi connectivity index (χ1v) is 4.00. The maximum Gasteiger partial charge on any atom is 0.163 e. The van der Waals surface area contributed by atoms with Crippen LogP contribution in [0.3, 0.4) is 0 Å². The molecule has 0 saturated carbocycles. The molecule has 1 aliphatic carbocycles. The lowest BCUT2D eigenvalue weighted by atomic mass is 10.1. The Balaban J connectivity index is 2.59. The van der Waals surface area contributed by atoms with Crippen molar-refractivity contribution in [1.29, 1.82) is 0 Å². The van der Waals surface area contributed by atoms with E-state index in [1.165, 1.54) is 11.1 Å². The molecule has 0 nitrogen and oxygen atoms in total. The molecule has 1 aliphatic rings. The van der Waals surface area contributed by atoms with Crippen LogP contribution in [-0.2, 0) is 6.42 Å². The standard InChI is InChI=1S/C9H6Br/c10-9-5-4-7-2-1-3-8(7)6-9/h2,4-6H,3H2/q+1. The molecule has 0 aromatic heterocycles. The minimum absolute atomic E-state index is 0.967. The van der Waals surface area contributed by atoms with E-state index >= 15 is 0 Å². The summed E-state index contributed by atoms with van der Waals surface area (Å²) >= 11 is 3.42. The lowest BCUT2D eigenvalue weighted by molar-refractivity contribution is 1.27. The summed E-state index contributed by atoms with van der Waals surface area (Å²) in [6, 6.07) is 6.31. The molecule has 0 aliphatic heterocycles. The van der Waals surface area contributed by atoms with E-state index in [9.17, 15) is 0 Å². The van der Waals surface area contributed by atoms with Gasteiger partial charge in [0.15, 0.2) is 6.08 Å². The van der Waals surface area contributed by atoms with Gasteiger partial charge in [0.1, 0.15) is 12.0 Å². The van der Waals surface area contributed by atoms with E-state index in [1.54, 1.807) is 0 Å². The third-order valence-corrected chi connectivity index (χ3v) is 2.15. The molecule has 1 aromatic carbocycles. The van der Waals surface area contributed by atoms with Crippen LogP contribution in [-0.4, -0.2) is 0 Å². The Morgan fingerprint density at radius 3 is 3.20 bits per heavy atom. The smallest absolute Gasteiger partial charge is 0.0507 e. The third kappa shape index (κ3) is 0.880. The SMILES string of the molecule is Brc1ccc2c(c1)C[C+]=C2. The molecule has 0 N–H and O–H groups in total. The maximum atomic E-state index is 3.42. The largest absolute Gasteiger partial charge is 0.163 e. The molecule has 0 unspecified atom stereocenters. The van der Waals surface area contributed by atoms with Crippen LogP contribution in [0.25, 0.3) is 6.08 Å². The molecule has 0 saturated heterocycles. The number of rotatable bonds is 0. The maximum absolute atomic E-state index is 3.42. The van der Waals surface area contributed by atoms with Gasteiger partial charge in [0.05, 0.1) is 11.6 Å². The second-order valence-corrected chi connectivity index (χ2v) is 3.28. The molecule has 10 heavy (non-hydrogen) atoms. The normalized spacial score (nSPS) is 12.9. The van der Waals surface area contributed by atoms with Crippen molar-refractivity contribution in [2.75, 3.05) is 0 Å². The molecular weight excluding hydrogens is 188 g/mol. The van der Waals surface area contributed by atoms with E-state index in [2.05, 4.69) is 40.2 Å². The minimum atomic E-state index is 0.967. The summed E-state index contributed by atoms with van der Waals surface area (Å²) in [5, 5.41) is 0. The second-order valence-electron chi connectivity index (χ2n) is 2.37. The quantitative estimate of drug-likeness (QED) is 0.557. The number of allylic oxidation sites excluding steroid dienone is 1. The van der Waals surface area contributed by atoms with Crippen LogP contribution in [0.5, 0.6) is 0 Å². The van der Waals surface area contributed by atoms with Gasteiger partial charge in [-0.25, -0.2) is 0 Å². The summed E-state index contributed by atoms with van der Waals surface area (Å²) in [4.78, 5) is 0. The average Bonchev–Trinajstić information content (AvgIpc) is 2.33. The molecule has 0 amide bonds. The molecule has 0 heterocycles. The highest BCUT2D eigenvalue weighted by atomic mass is 79.9. The van der Waals surface area contributed by atoms with Gasteiger partial charge in [-0.15, -0.1) is 0 Å². The molecular formula is C9H6Br+. The summed E-state index contributed by atoms with van der Waals surface area (Å²) in [5.41, 5.74) is 2.68. The van der Waals surface area contributed by atoms with E-state index in [4.69, 9.17) is 0 Å². The highest BCUT2D eigenvalue weighted by molar-refractivity contribution is 9.10. The molecule has 48 valence electrons. The zero-order valence-corrected chi connectivity index (χ0v) is 6.98. The lowest BCUT2D eigenvalue weighted by Gasteiger charge is -1.88. The number of fused-ring (bicyclic) bond motifs is 1. The van der Waals surface area contributed by atoms with Gasteiger partial charge >= 0.3 is 0 Å². The van der Waals surface area contributed by atoms with Gasteiger partial charge < -0.3 is 0 Å². The van der Waals surface area contributed by atoms with Crippen LogP contribution < -0.4 is 0 Å². The topological polar surface area (TPSA) is 0 Å². The van der Waals surface area contributed by atoms with E-state index in [1.807, 2.05) is 6.08 Å². The van der Waals surface area contributed by atoms with Gasteiger partial charge in [-0.2, -0.15) is 0 Å². The van der Waals surface area contributed by atoms with Crippen LogP contribution in [0.15, 0.2) is 22.7 Å². The summed E-state index contributed by atoms with van der Waals surface area (Å²) in [6.45, 7) is 0. The van der Waals surface area contributed by atoms with Gasteiger partial charge in [-0.3, -0.25) is 0 Å². The van der Waals surface area contributed by atoms with Crippen molar-refractivity contribution in [2.24, 2.45) is 0 Å². The zero-order valence-electron chi connectivity index (χ0n) is 5.39. The second kappa shape index (κ2) is 2.19. The lowest BCUT2D eigenvalue weighted by Crippen LogP contribution is -1.79. The number of hydrogen-bond acceptors (Lipinski definition) is 0. The van der Waals surface area contributed by atoms with E-state index in [-0.39, 0.29) is 0 Å². The highest BCUT2D eigenvalue weighted by Gasteiger charge is 2.14. The van der Waals surface area contributed by atoms with Gasteiger partial charge in [-0.05, 0) is 12.1 Å². The van der Waals surface area contributed by atoms with Gasteiger partial charge in [0, 0.05) is 10.5 Å². The fourth-order valence-corrected chi connectivity index (χ4v) is 1.55. The van der Waals surface area contributed by atoms with E-state index in [0.29, 0.717) is 0 Å². The predicted octanol–water partition coefficient (Wildman–Crippen LogP) is 2.82. The number of benzene rings is 1. The fraction of sp³-hybridized carbons (Fsp3) is 0.111. The molecule has 2 rings (SSSR count). The van der Waals surface area contributed by atoms with Crippen molar-refractivity contribution in [3.8, 4) is 0 Å². The first kappa shape index (κ1) is 6.09. The first-order valence-electron chi connectivity index (χ1n) is 3.21. The molecule has 0 radical (unpaired) electrons. The van der Waals surface area contributed by atoms with Gasteiger partial charge in [0.25, 0.3) is 0 Å². The van der Waals surface area contributed by atoms with Crippen LogP contribution in [0.1, 0.15) is 11.1 Å². The van der Waals surface area contributed by atoms with Crippen molar-refractivity contribution in [3.63, 3.8) is 0 Å². The molecule has 0 fully saturated rings. The number of halogens is 1. The van der Waals surface area contributed by atoms with E-state index in [0.717, 1.165) is 10.9 Å². The van der Waals surface area contributed by atoms with E-state index < -0.39 is 0 Å². The van der Waals surface area contributed by atoms with Crippen molar-refractivity contribution < 1.29 is 0 Å². The van der Waals surface area contributed by atoms with Crippen LogP contribution in [0.4, 0.5) is 0 Å². The van der Waals surface area contributed by atoms with Crippen molar-refractivity contribution in [2.45, 2.75) is 6.42 Å². The van der Waals surface area contributed by atoms with Crippen molar-refractivity contribution >= 4 is 22.0 Å². The Labute approximate surface area is 68.7 Å². The van der Waals surface area contributed by atoms with Gasteiger partial charge in [-0.1, -0.05) is 15.9 Å². The Morgan fingerprint density at radius 2 is 2.30 bits per heavy atom. The fourth-order valence-electron chi connectivity index (χ4n) is 1.14. The van der Waals surface area contributed by atoms with Crippen molar-refractivity contribution in [1.82, 2.24) is 0 Å². The Kier molecular flexibility index (Phi) is 1.33. The molecule has 0 atom stereocenters. The molecule has 0 spiro atoms. The van der Waals surface area contributed by atoms with Crippen LogP contribution in [0.2, 0.25) is 0 Å². The van der Waals surface area contributed by atoms with Gasteiger partial charge in [0.2, 0.25) is 0 Å². The molecule has 1 aromatic rings. The Hall–Kier alpha value is -0.650. The van der Waals surface area contributed by atoms with Crippen LogP contribution >= 0.6 is 15.9 Å². The Morgan fingerprint density at radius 1 is 1.40 bits per heavy atom. The summed E-state index contributed by atoms with van der Waals surface area (Å²) in [7, 11) is 0. The van der Waals surface area contributed by atoms with Crippen LogP contribution in [0, 0.1) is 6.08 Å². The third-order valence-electron chi connectivity index (χ3n) is 1.66. The Bertz CT molecular complexity index is 287. The zero-order chi connectivity index (χ0) is 6.97. The predicted molar refractivity (Wildman–Crippen MR) is 45.6 cm³/mol. The summed E-state index contributed by atoms with van der Waals surface area (Å²) < 4.78 is 1.16. The van der Waals surface area contributed by atoms with Crippen molar-refractivity contribution in [3.05, 3.63) is 39.9 Å². The minimum Gasteiger partial charge on any atom is -0.0507 e. The summed E-state index contributed by atoms with van der Waals surface area (Å²) in [6.07, 6.45) is 6.18.